The molecular formula is C18H19N3O3. The zero-order valence-electron chi connectivity index (χ0n) is 14.1. The van der Waals surface area contributed by atoms with Crippen LogP contribution in [0.1, 0.15) is 47.5 Å². The minimum absolute atomic E-state index is 0.0877. The number of hydrogen-bond donors (Lipinski definition) is 1. The summed E-state index contributed by atoms with van der Waals surface area (Å²) >= 11 is 0. The van der Waals surface area contributed by atoms with E-state index in [2.05, 4.69) is 15.5 Å². The number of rotatable bonds is 4. The van der Waals surface area contributed by atoms with E-state index < -0.39 is 0 Å². The molecule has 0 atom stereocenters. The molecule has 24 heavy (non-hydrogen) atoms. The van der Waals surface area contributed by atoms with Crippen molar-refractivity contribution in [3.05, 3.63) is 53.4 Å². The molecular weight excluding hydrogens is 306 g/mol. The van der Waals surface area contributed by atoms with Crippen molar-refractivity contribution < 1.29 is 13.7 Å². The number of aromatic nitrogens is 2. The van der Waals surface area contributed by atoms with Crippen LogP contribution in [0.2, 0.25) is 0 Å². The lowest BCUT2D eigenvalue weighted by Crippen LogP contribution is -2.14. The van der Waals surface area contributed by atoms with E-state index in [1.54, 1.807) is 20.1 Å². The van der Waals surface area contributed by atoms with Gasteiger partial charge in [-0.25, -0.2) is 4.98 Å². The topological polar surface area (TPSA) is 81.2 Å². The summed E-state index contributed by atoms with van der Waals surface area (Å²) in [5, 5.41) is 6.78. The minimum Gasteiger partial charge on any atom is -0.449 e. The lowest BCUT2D eigenvalue weighted by molar-refractivity contribution is 0.102. The molecule has 0 aliphatic rings. The fraction of sp³-hybridized carbons (Fsp3) is 0.278. The van der Waals surface area contributed by atoms with Crippen molar-refractivity contribution in [2.45, 2.75) is 33.6 Å². The van der Waals surface area contributed by atoms with E-state index in [9.17, 15) is 4.79 Å². The number of nitrogens with zero attached hydrogens (tertiary/aromatic N) is 2. The Morgan fingerprint density at radius 3 is 2.46 bits per heavy atom. The lowest BCUT2D eigenvalue weighted by atomic mass is 10.0. The molecule has 0 aliphatic heterocycles. The van der Waals surface area contributed by atoms with Crippen LogP contribution in [-0.2, 0) is 0 Å². The first-order valence-electron chi connectivity index (χ1n) is 7.75. The standard InChI is InChI=1S/C18H19N3O3/c1-10(2)17-16(11(3)21-24-17)18(22)20-14-7-5-13(6-8-14)15-9-23-12(4)19-15/h5-10H,1-4H3,(H,20,22). The van der Waals surface area contributed by atoms with Gasteiger partial charge in [-0.3, -0.25) is 4.79 Å². The van der Waals surface area contributed by atoms with E-state index in [-0.39, 0.29) is 11.8 Å². The maximum absolute atomic E-state index is 12.5. The first kappa shape index (κ1) is 16.0. The molecule has 2 heterocycles. The number of carbonyl (C=O) groups excluding carboxylic acids is 1. The van der Waals surface area contributed by atoms with Crippen molar-refractivity contribution in [1.82, 2.24) is 10.1 Å². The first-order chi connectivity index (χ1) is 11.5. The van der Waals surface area contributed by atoms with Crippen LogP contribution >= 0.6 is 0 Å². The molecule has 3 rings (SSSR count). The molecule has 1 amide bonds. The zero-order valence-corrected chi connectivity index (χ0v) is 14.1. The van der Waals surface area contributed by atoms with Crippen LogP contribution in [0.25, 0.3) is 11.3 Å². The highest BCUT2D eigenvalue weighted by Gasteiger charge is 2.22. The molecule has 0 bridgehead atoms. The Morgan fingerprint density at radius 1 is 1.17 bits per heavy atom. The average molecular weight is 325 g/mol. The fourth-order valence-corrected chi connectivity index (χ4v) is 2.47. The number of amides is 1. The number of oxazole rings is 1. The second-order valence-electron chi connectivity index (χ2n) is 5.95. The van der Waals surface area contributed by atoms with Gasteiger partial charge < -0.3 is 14.3 Å². The fourth-order valence-electron chi connectivity index (χ4n) is 2.47. The third kappa shape index (κ3) is 3.08. The van der Waals surface area contributed by atoms with Crippen LogP contribution in [-0.4, -0.2) is 16.0 Å². The van der Waals surface area contributed by atoms with Crippen molar-refractivity contribution >= 4 is 11.6 Å². The largest absolute Gasteiger partial charge is 0.449 e. The Hall–Kier alpha value is -2.89. The van der Waals surface area contributed by atoms with E-state index in [0.717, 1.165) is 11.3 Å². The molecule has 0 saturated heterocycles. The van der Waals surface area contributed by atoms with Crippen molar-refractivity contribution in [3.8, 4) is 11.3 Å². The molecule has 1 N–H and O–H groups in total. The SMILES string of the molecule is Cc1nc(-c2ccc(NC(=O)c3c(C)noc3C(C)C)cc2)co1. The van der Waals surface area contributed by atoms with Gasteiger partial charge in [0.1, 0.15) is 17.5 Å². The Balaban J connectivity index is 1.79. The molecule has 0 saturated carbocycles. The molecule has 2 aromatic heterocycles. The van der Waals surface area contributed by atoms with Gasteiger partial charge in [-0.05, 0) is 19.1 Å². The third-order valence-electron chi connectivity index (χ3n) is 3.70. The Morgan fingerprint density at radius 2 is 1.88 bits per heavy atom. The first-order valence-corrected chi connectivity index (χ1v) is 7.75. The predicted molar refractivity (Wildman–Crippen MR) is 90.0 cm³/mol. The summed E-state index contributed by atoms with van der Waals surface area (Å²) in [6.07, 6.45) is 1.61. The summed E-state index contributed by atoms with van der Waals surface area (Å²) in [7, 11) is 0. The Kier molecular flexibility index (Phi) is 4.20. The third-order valence-corrected chi connectivity index (χ3v) is 3.70. The molecule has 1 aromatic carbocycles. The minimum atomic E-state index is -0.220. The number of benzene rings is 1. The monoisotopic (exact) mass is 325 g/mol. The maximum atomic E-state index is 12.5. The van der Waals surface area contributed by atoms with Crippen molar-refractivity contribution in [3.63, 3.8) is 0 Å². The second kappa shape index (κ2) is 6.31. The van der Waals surface area contributed by atoms with E-state index in [4.69, 9.17) is 8.94 Å². The zero-order chi connectivity index (χ0) is 17.3. The van der Waals surface area contributed by atoms with E-state index in [1.807, 2.05) is 38.1 Å². The van der Waals surface area contributed by atoms with E-state index in [0.29, 0.717) is 28.6 Å². The summed E-state index contributed by atoms with van der Waals surface area (Å²) in [4.78, 5) is 16.8. The summed E-state index contributed by atoms with van der Waals surface area (Å²) in [5.74, 6) is 1.08. The molecule has 0 spiro atoms. The summed E-state index contributed by atoms with van der Waals surface area (Å²) in [5.41, 5.74) is 3.47. The van der Waals surface area contributed by atoms with Crippen molar-refractivity contribution in [2.75, 3.05) is 5.32 Å². The molecule has 6 heteroatoms. The van der Waals surface area contributed by atoms with Gasteiger partial charge in [0.15, 0.2) is 11.7 Å². The van der Waals surface area contributed by atoms with Crippen LogP contribution in [0.3, 0.4) is 0 Å². The molecule has 124 valence electrons. The highest BCUT2D eigenvalue weighted by atomic mass is 16.5. The van der Waals surface area contributed by atoms with Crippen LogP contribution in [0, 0.1) is 13.8 Å². The van der Waals surface area contributed by atoms with Crippen LogP contribution in [0.15, 0.2) is 39.5 Å². The van der Waals surface area contributed by atoms with E-state index in [1.165, 1.54) is 0 Å². The number of carbonyl (C=O) groups is 1. The van der Waals surface area contributed by atoms with Crippen LogP contribution < -0.4 is 5.32 Å². The van der Waals surface area contributed by atoms with Crippen molar-refractivity contribution in [2.24, 2.45) is 0 Å². The number of anilines is 1. The average Bonchev–Trinajstić information content (AvgIpc) is 3.14. The highest BCUT2D eigenvalue weighted by Crippen LogP contribution is 2.24. The van der Waals surface area contributed by atoms with Gasteiger partial charge in [0.25, 0.3) is 5.91 Å². The second-order valence-corrected chi connectivity index (χ2v) is 5.95. The summed E-state index contributed by atoms with van der Waals surface area (Å²) < 4.78 is 10.5. The maximum Gasteiger partial charge on any atom is 0.261 e. The summed E-state index contributed by atoms with van der Waals surface area (Å²) in [6, 6.07) is 7.43. The molecule has 0 fully saturated rings. The quantitative estimate of drug-likeness (QED) is 0.772. The number of nitrogens with one attached hydrogen (secondary N) is 1. The van der Waals surface area contributed by atoms with Gasteiger partial charge in [0, 0.05) is 24.1 Å². The molecule has 0 aliphatic carbocycles. The summed E-state index contributed by atoms with van der Waals surface area (Å²) in [6.45, 7) is 7.49. The molecule has 6 nitrogen and oxygen atoms in total. The van der Waals surface area contributed by atoms with Gasteiger partial charge in [0.2, 0.25) is 0 Å². The van der Waals surface area contributed by atoms with E-state index >= 15 is 0 Å². The Bertz CT molecular complexity index is 860. The smallest absolute Gasteiger partial charge is 0.261 e. The lowest BCUT2D eigenvalue weighted by Gasteiger charge is -2.07. The molecule has 3 aromatic rings. The van der Waals surface area contributed by atoms with Gasteiger partial charge in [-0.15, -0.1) is 0 Å². The van der Waals surface area contributed by atoms with Crippen LogP contribution in [0.4, 0.5) is 5.69 Å². The Labute approximate surface area is 139 Å². The molecule has 0 radical (unpaired) electrons. The van der Waals surface area contributed by atoms with Gasteiger partial charge in [-0.1, -0.05) is 31.1 Å². The van der Waals surface area contributed by atoms with Crippen LogP contribution in [0.5, 0.6) is 0 Å². The van der Waals surface area contributed by atoms with Gasteiger partial charge in [0.05, 0.1) is 5.69 Å². The highest BCUT2D eigenvalue weighted by molar-refractivity contribution is 6.05. The van der Waals surface area contributed by atoms with Gasteiger partial charge in [-0.2, -0.15) is 0 Å². The van der Waals surface area contributed by atoms with Gasteiger partial charge >= 0.3 is 0 Å². The number of hydrogen-bond acceptors (Lipinski definition) is 5. The molecule has 0 unspecified atom stereocenters. The number of aryl methyl sites for hydroxylation is 2. The van der Waals surface area contributed by atoms with Crippen molar-refractivity contribution in [1.29, 1.82) is 0 Å². The normalized spacial score (nSPS) is 11.0. The predicted octanol–water partition coefficient (Wildman–Crippen LogP) is 4.32.